The van der Waals surface area contributed by atoms with Gasteiger partial charge < -0.3 is 10.3 Å². The van der Waals surface area contributed by atoms with Crippen molar-refractivity contribution in [3.05, 3.63) is 12.2 Å². The van der Waals surface area contributed by atoms with Crippen LogP contribution in [0.5, 0.6) is 0 Å². The van der Waals surface area contributed by atoms with Crippen LogP contribution < -0.4 is 5.73 Å². The van der Waals surface area contributed by atoms with Gasteiger partial charge in [-0.15, -0.1) is 0 Å². The monoisotopic (exact) mass is 181 g/mol. The van der Waals surface area contributed by atoms with Gasteiger partial charge in [0.25, 0.3) is 0 Å². The fourth-order valence-electron chi connectivity index (χ4n) is 2.03. The van der Waals surface area contributed by atoms with E-state index in [1.165, 1.54) is 38.5 Å². The second-order valence-electron chi connectivity index (χ2n) is 3.71. The average molecular weight is 181 g/mol. The van der Waals surface area contributed by atoms with E-state index in [1.807, 2.05) is 0 Å². The van der Waals surface area contributed by atoms with Crippen molar-refractivity contribution in [3.8, 4) is 0 Å². The lowest BCUT2D eigenvalue weighted by Gasteiger charge is -2.25. The first-order valence-electron chi connectivity index (χ1n) is 4.90. The molecule has 0 aromatic carbocycles. The van der Waals surface area contributed by atoms with Gasteiger partial charge in [0, 0.05) is 0 Å². The predicted octanol–water partition coefficient (Wildman–Crippen LogP) is 1.65. The minimum Gasteiger partial charge on any atom is -0.343 e. The van der Waals surface area contributed by atoms with Crippen molar-refractivity contribution in [1.82, 2.24) is 10.1 Å². The maximum absolute atomic E-state index is 6.03. The summed E-state index contributed by atoms with van der Waals surface area (Å²) in [6.07, 6.45) is 7.67. The highest BCUT2D eigenvalue weighted by Gasteiger charge is 2.24. The van der Waals surface area contributed by atoms with Crippen LogP contribution >= 0.6 is 0 Å². The van der Waals surface area contributed by atoms with Crippen molar-refractivity contribution in [2.75, 3.05) is 0 Å². The third-order valence-electron chi connectivity index (χ3n) is 2.83. The smallest absolute Gasteiger partial charge is 0.213 e. The van der Waals surface area contributed by atoms with Gasteiger partial charge in [-0.25, -0.2) is 0 Å². The van der Waals surface area contributed by atoms with E-state index in [-0.39, 0.29) is 6.04 Å². The molecule has 0 spiro atoms. The molecular formula is C9H15N3O. The Kier molecular flexibility index (Phi) is 2.59. The number of aromatic nitrogens is 2. The normalized spacial score (nSPS) is 21.6. The van der Waals surface area contributed by atoms with Crippen molar-refractivity contribution >= 4 is 0 Å². The van der Waals surface area contributed by atoms with Gasteiger partial charge in [-0.1, -0.05) is 24.4 Å². The highest BCUT2D eigenvalue weighted by Crippen LogP contribution is 2.31. The summed E-state index contributed by atoms with van der Waals surface area (Å²) < 4.78 is 4.69. The quantitative estimate of drug-likeness (QED) is 0.753. The molecule has 1 aromatic rings. The Bertz CT molecular complexity index is 241. The summed E-state index contributed by atoms with van der Waals surface area (Å²) in [5.74, 6) is 1.21. The van der Waals surface area contributed by atoms with E-state index >= 15 is 0 Å². The van der Waals surface area contributed by atoms with Crippen LogP contribution in [0.15, 0.2) is 10.9 Å². The van der Waals surface area contributed by atoms with Crippen LogP contribution in [0.4, 0.5) is 0 Å². The van der Waals surface area contributed by atoms with Gasteiger partial charge in [0.1, 0.15) is 0 Å². The lowest BCUT2D eigenvalue weighted by atomic mass is 9.84. The molecule has 13 heavy (non-hydrogen) atoms. The summed E-state index contributed by atoms with van der Waals surface area (Å²) >= 11 is 0. The number of hydrogen-bond donors (Lipinski definition) is 1. The summed E-state index contributed by atoms with van der Waals surface area (Å²) in [5, 5.41) is 3.78. The Hall–Kier alpha value is -0.900. The predicted molar refractivity (Wildman–Crippen MR) is 47.8 cm³/mol. The van der Waals surface area contributed by atoms with E-state index in [0.29, 0.717) is 11.7 Å². The fourth-order valence-corrected chi connectivity index (χ4v) is 2.03. The Morgan fingerprint density at radius 2 is 2.15 bits per heavy atom. The SMILES string of the molecule is NC(c1ncon1)C1CCCCC1. The summed E-state index contributed by atoms with van der Waals surface area (Å²) in [6.45, 7) is 0. The van der Waals surface area contributed by atoms with E-state index in [0.717, 1.165) is 0 Å². The topological polar surface area (TPSA) is 64.9 Å². The Morgan fingerprint density at radius 3 is 2.77 bits per heavy atom. The van der Waals surface area contributed by atoms with Gasteiger partial charge in [-0.05, 0) is 18.8 Å². The molecule has 0 radical (unpaired) electrons. The van der Waals surface area contributed by atoms with E-state index in [9.17, 15) is 0 Å². The van der Waals surface area contributed by atoms with E-state index in [1.54, 1.807) is 0 Å². The number of rotatable bonds is 2. The number of nitrogens with zero attached hydrogens (tertiary/aromatic N) is 2. The lowest BCUT2D eigenvalue weighted by molar-refractivity contribution is 0.293. The highest BCUT2D eigenvalue weighted by molar-refractivity contribution is 4.92. The largest absolute Gasteiger partial charge is 0.343 e. The van der Waals surface area contributed by atoms with Crippen molar-refractivity contribution in [2.45, 2.75) is 38.1 Å². The molecule has 1 aliphatic carbocycles. The fraction of sp³-hybridized carbons (Fsp3) is 0.778. The molecule has 0 amide bonds. The van der Waals surface area contributed by atoms with Crippen LogP contribution in [0, 0.1) is 5.92 Å². The molecule has 1 aliphatic rings. The Balaban J connectivity index is 1.99. The summed E-state index contributed by atoms with van der Waals surface area (Å²) in [6, 6.07) is -0.0287. The van der Waals surface area contributed by atoms with Gasteiger partial charge in [0.15, 0.2) is 5.82 Å². The molecule has 2 rings (SSSR count). The summed E-state index contributed by atoms with van der Waals surface area (Å²) in [4.78, 5) is 3.99. The van der Waals surface area contributed by atoms with E-state index in [2.05, 4.69) is 14.7 Å². The first-order valence-corrected chi connectivity index (χ1v) is 4.90. The van der Waals surface area contributed by atoms with Crippen LogP contribution in [0.1, 0.15) is 44.0 Å². The van der Waals surface area contributed by atoms with Crippen molar-refractivity contribution in [3.63, 3.8) is 0 Å². The van der Waals surface area contributed by atoms with Gasteiger partial charge in [-0.2, -0.15) is 4.98 Å². The zero-order valence-electron chi connectivity index (χ0n) is 7.65. The minimum absolute atomic E-state index is 0.0287. The van der Waals surface area contributed by atoms with Gasteiger partial charge in [-0.3, -0.25) is 0 Å². The Morgan fingerprint density at radius 1 is 1.38 bits per heavy atom. The molecule has 0 saturated heterocycles. The maximum atomic E-state index is 6.03. The molecule has 1 aromatic heterocycles. The van der Waals surface area contributed by atoms with Crippen molar-refractivity contribution in [1.29, 1.82) is 0 Å². The van der Waals surface area contributed by atoms with Crippen LogP contribution in [0.3, 0.4) is 0 Å². The molecule has 4 heteroatoms. The molecule has 1 atom stereocenters. The lowest BCUT2D eigenvalue weighted by Crippen LogP contribution is -2.24. The summed E-state index contributed by atoms with van der Waals surface area (Å²) in [5.41, 5.74) is 6.03. The van der Waals surface area contributed by atoms with Crippen LogP contribution in [-0.2, 0) is 0 Å². The van der Waals surface area contributed by atoms with Crippen LogP contribution in [0.2, 0.25) is 0 Å². The first-order chi connectivity index (χ1) is 6.38. The zero-order valence-corrected chi connectivity index (χ0v) is 7.65. The highest BCUT2D eigenvalue weighted by atomic mass is 16.5. The molecule has 2 N–H and O–H groups in total. The second kappa shape index (κ2) is 3.87. The van der Waals surface area contributed by atoms with Gasteiger partial charge >= 0.3 is 0 Å². The van der Waals surface area contributed by atoms with Crippen LogP contribution in [0.25, 0.3) is 0 Å². The zero-order chi connectivity index (χ0) is 9.10. The average Bonchev–Trinajstić information content (AvgIpc) is 2.71. The van der Waals surface area contributed by atoms with E-state index in [4.69, 9.17) is 5.73 Å². The third-order valence-corrected chi connectivity index (χ3v) is 2.83. The Labute approximate surface area is 77.5 Å². The molecule has 1 heterocycles. The molecule has 1 saturated carbocycles. The molecule has 72 valence electrons. The standard InChI is InChI=1S/C9H15N3O/c10-8(9-11-6-13-12-9)7-4-2-1-3-5-7/h6-8H,1-5,10H2. The molecular weight excluding hydrogens is 166 g/mol. The van der Waals surface area contributed by atoms with E-state index < -0.39 is 0 Å². The number of hydrogen-bond acceptors (Lipinski definition) is 4. The summed E-state index contributed by atoms with van der Waals surface area (Å²) in [7, 11) is 0. The molecule has 1 fully saturated rings. The van der Waals surface area contributed by atoms with Gasteiger partial charge in [0.2, 0.25) is 6.39 Å². The van der Waals surface area contributed by atoms with Gasteiger partial charge in [0.05, 0.1) is 6.04 Å². The minimum atomic E-state index is -0.0287. The molecule has 1 unspecified atom stereocenters. The molecule has 0 aliphatic heterocycles. The van der Waals surface area contributed by atoms with Crippen molar-refractivity contribution < 1.29 is 4.52 Å². The first kappa shape index (κ1) is 8.69. The van der Waals surface area contributed by atoms with Crippen molar-refractivity contribution in [2.24, 2.45) is 11.7 Å². The third kappa shape index (κ3) is 1.88. The molecule has 4 nitrogen and oxygen atoms in total. The second-order valence-corrected chi connectivity index (χ2v) is 3.71. The maximum Gasteiger partial charge on any atom is 0.213 e. The number of nitrogens with two attached hydrogens (primary N) is 1. The van der Waals surface area contributed by atoms with Crippen LogP contribution in [-0.4, -0.2) is 10.1 Å². The molecule has 0 bridgehead atoms.